The monoisotopic (exact) mass is 360 g/mol. The molecule has 1 fully saturated rings. The van der Waals surface area contributed by atoms with Gasteiger partial charge in [0.05, 0.1) is 11.1 Å². The molecular formula is C22H24N4O. The number of carbonyl (C=O) groups excluding carboxylic acids is 1. The molecule has 5 nitrogen and oxygen atoms in total. The van der Waals surface area contributed by atoms with Crippen molar-refractivity contribution in [2.75, 3.05) is 13.1 Å². The Morgan fingerprint density at radius 1 is 1.11 bits per heavy atom. The summed E-state index contributed by atoms with van der Waals surface area (Å²) in [4.78, 5) is 27.4. The summed E-state index contributed by atoms with van der Waals surface area (Å²) in [6.45, 7) is 3.44. The number of carbonyl (C=O) groups is 1. The van der Waals surface area contributed by atoms with Gasteiger partial charge in [0.2, 0.25) is 0 Å². The quantitative estimate of drug-likeness (QED) is 0.712. The summed E-state index contributed by atoms with van der Waals surface area (Å²) in [7, 11) is 0. The molecule has 0 spiro atoms. The van der Waals surface area contributed by atoms with Gasteiger partial charge in [-0.15, -0.1) is 0 Å². The largest absolute Gasteiger partial charge is 0.339 e. The second-order valence-corrected chi connectivity index (χ2v) is 7.34. The van der Waals surface area contributed by atoms with Gasteiger partial charge in [-0.2, -0.15) is 0 Å². The van der Waals surface area contributed by atoms with E-state index >= 15 is 0 Å². The molecule has 0 saturated carbocycles. The Kier molecular flexibility index (Phi) is 5.10. The van der Waals surface area contributed by atoms with Gasteiger partial charge < -0.3 is 4.90 Å². The van der Waals surface area contributed by atoms with Crippen LogP contribution in [-0.4, -0.2) is 38.8 Å². The molecule has 4 rings (SSSR count). The van der Waals surface area contributed by atoms with E-state index in [2.05, 4.69) is 39.2 Å². The van der Waals surface area contributed by atoms with Crippen molar-refractivity contribution in [2.24, 2.45) is 5.92 Å². The van der Waals surface area contributed by atoms with Gasteiger partial charge in [-0.25, -0.2) is 9.97 Å². The lowest BCUT2D eigenvalue weighted by atomic mass is 9.92. The average molecular weight is 360 g/mol. The molecule has 0 radical (unpaired) electrons. The van der Waals surface area contributed by atoms with Crippen LogP contribution in [0.1, 0.15) is 41.0 Å². The number of aryl methyl sites for hydroxylation is 1. The first-order chi connectivity index (χ1) is 13.2. The number of fused-ring (bicyclic) bond motifs is 1. The number of pyridine rings is 1. The van der Waals surface area contributed by atoms with Crippen LogP contribution in [-0.2, 0) is 6.42 Å². The van der Waals surface area contributed by atoms with Gasteiger partial charge in [0.15, 0.2) is 0 Å². The smallest absolute Gasteiger partial charge is 0.256 e. The molecule has 1 aromatic carbocycles. The van der Waals surface area contributed by atoms with E-state index in [0.29, 0.717) is 17.3 Å². The molecule has 138 valence electrons. The average Bonchev–Trinajstić information content (AvgIpc) is 2.93. The lowest BCUT2D eigenvalue weighted by Gasteiger charge is -2.20. The lowest BCUT2D eigenvalue weighted by Crippen LogP contribution is -2.32. The highest BCUT2D eigenvalue weighted by molar-refractivity contribution is 5.93. The Bertz CT molecular complexity index is 938. The van der Waals surface area contributed by atoms with Gasteiger partial charge in [-0.05, 0) is 62.3 Å². The van der Waals surface area contributed by atoms with Crippen molar-refractivity contribution in [3.8, 4) is 0 Å². The molecular weight excluding hydrogens is 336 g/mol. The number of aromatic nitrogens is 3. The number of rotatable bonds is 3. The molecule has 1 saturated heterocycles. The van der Waals surface area contributed by atoms with Crippen LogP contribution < -0.4 is 0 Å². The van der Waals surface area contributed by atoms with E-state index in [0.717, 1.165) is 44.3 Å². The highest BCUT2D eigenvalue weighted by atomic mass is 16.2. The standard InChI is InChI=1S/C22H24N4O/c1-16-24-14-20(15-25-16)22(27)26-10-3-4-17(8-11-26)12-18-6-7-21-19(13-18)5-2-9-23-21/h2,5-7,9,13-15,17H,3-4,8,10-12H2,1H3/t17-/m0/s1. The predicted octanol–water partition coefficient (Wildman–Crippen LogP) is 3.82. The first-order valence-electron chi connectivity index (χ1n) is 9.60. The summed E-state index contributed by atoms with van der Waals surface area (Å²) in [5.41, 5.74) is 2.98. The Morgan fingerprint density at radius 2 is 1.96 bits per heavy atom. The van der Waals surface area contributed by atoms with Crippen LogP contribution >= 0.6 is 0 Å². The fraction of sp³-hybridized carbons (Fsp3) is 0.364. The second kappa shape index (κ2) is 7.82. The van der Waals surface area contributed by atoms with Crippen molar-refractivity contribution in [2.45, 2.75) is 32.6 Å². The minimum atomic E-state index is 0.0485. The van der Waals surface area contributed by atoms with Crippen LogP contribution in [0.2, 0.25) is 0 Å². The lowest BCUT2D eigenvalue weighted by molar-refractivity contribution is 0.0759. The van der Waals surface area contributed by atoms with Crippen molar-refractivity contribution in [1.82, 2.24) is 19.9 Å². The van der Waals surface area contributed by atoms with Crippen molar-refractivity contribution in [3.63, 3.8) is 0 Å². The highest BCUT2D eigenvalue weighted by Crippen LogP contribution is 2.24. The van der Waals surface area contributed by atoms with Crippen LogP contribution in [0.4, 0.5) is 0 Å². The van der Waals surface area contributed by atoms with E-state index in [1.54, 1.807) is 12.4 Å². The number of hydrogen-bond donors (Lipinski definition) is 0. The molecule has 3 heterocycles. The summed E-state index contributed by atoms with van der Waals surface area (Å²) in [6, 6.07) is 10.6. The first kappa shape index (κ1) is 17.6. The molecule has 2 aromatic heterocycles. The van der Waals surface area contributed by atoms with Gasteiger partial charge in [0.25, 0.3) is 5.91 Å². The van der Waals surface area contributed by atoms with E-state index in [-0.39, 0.29) is 5.91 Å². The van der Waals surface area contributed by atoms with Crippen LogP contribution in [0.3, 0.4) is 0 Å². The Morgan fingerprint density at radius 3 is 2.81 bits per heavy atom. The maximum atomic E-state index is 12.7. The minimum absolute atomic E-state index is 0.0485. The van der Waals surface area contributed by atoms with Gasteiger partial charge >= 0.3 is 0 Å². The van der Waals surface area contributed by atoms with E-state index in [9.17, 15) is 4.79 Å². The molecule has 0 N–H and O–H groups in total. The SMILES string of the molecule is Cc1ncc(C(=O)N2CCC[C@H](Cc3ccc4ncccc4c3)CC2)cn1. The summed E-state index contributed by atoms with van der Waals surface area (Å²) >= 11 is 0. The van der Waals surface area contributed by atoms with E-state index in [4.69, 9.17) is 0 Å². The number of likely N-dealkylation sites (tertiary alicyclic amines) is 1. The molecule has 0 bridgehead atoms. The van der Waals surface area contributed by atoms with E-state index in [1.807, 2.05) is 24.1 Å². The maximum Gasteiger partial charge on any atom is 0.256 e. The summed E-state index contributed by atoms with van der Waals surface area (Å²) in [5.74, 6) is 1.34. The van der Waals surface area contributed by atoms with Gasteiger partial charge in [0.1, 0.15) is 5.82 Å². The zero-order valence-corrected chi connectivity index (χ0v) is 15.6. The Labute approximate surface area is 159 Å². The van der Waals surface area contributed by atoms with Crippen molar-refractivity contribution < 1.29 is 4.79 Å². The van der Waals surface area contributed by atoms with Gasteiger partial charge in [-0.1, -0.05) is 12.1 Å². The normalized spacial score (nSPS) is 17.7. The second-order valence-electron chi connectivity index (χ2n) is 7.34. The molecule has 3 aromatic rings. The first-order valence-corrected chi connectivity index (χ1v) is 9.60. The molecule has 0 aliphatic carbocycles. The minimum Gasteiger partial charge on any atom is -0.339 e. The van der Waals surface area contributed by atoms with Crippen molar-refractivity contribution in [1.29, 1.82) is 0 Å². The van der Waals surface area contributed by atoms with Gasteiger partial charge in [0, 0.05) is 37.1 Å². The zero-order valence-electron chi connectivity index (χ0n) is 15.6. The number of benzene rings is 1. The van der Waals surface area contributed by atoms with Crippen molar-refractivity contribution >= 4 is 16.8 Å². The third kappa shape index (κ3) is 4.13. The number of amides is 1. The Hall–Kier alpha value is -2.82. The van der Waals surface area contributed by atoms with Crippen LogP contribution in [0.25, 0.3) is 10.9 Å². The highest BCUT2D eigenvalue weighted by Gasteiger charge is 2.22. The molecule has 1 atom stereocenters. The fourth-order valence-electron chi connectivity index (χ4n) is 3.84. The number of hydrogen-bond acceptors (Lipinski definition) is 4. The van der Waals surface area contributed by atoms with Crippen molar-refractivity contribution in [3.05, 3.63) is 65.9 Å². The molecule has 0 unspecified atom stereocenters. The van der Waals surface area contributed by atoms with Crippen LogP contribution in [0.15, 0.2) is 48.9 Å². The fourth-order valence-corrected chi connectivity index (χ4v) is 3.84. The summed E-state index contributed by atoms with van der Waals surface area (Å²) in [5, 5.41) is 1.19. The van der Waals surface area contributed by atoms with Crippen LogP contribution in [0.5, 0.6) is 0 Å². The summed E-state index contributed by atoms with van der Waals surface area (Å²) < 4.78 is 0. The Balaban J connectivity index is 1.40. The predicted molar refractivity (Wildman–Crippen MR) is 105 cm³/mol. The third-order valence-corrected chi connectivity index (χ3v) is 5.35. The third-order valence-electron chi connectivity index (χ3n) is 5.35. The maximum absolute atomic E-state index is 12.7. The zero-order chi connectivity index (χ0) is 18.6. The van der Waals surface area contributed by atoms with Crippen LogP contribution in [0, 0.1) is 12.8 Å². The van der Waals surface area contributed by atoms with E-state index in [1.165, 1.54) is 10.9 Å². The number of nitrogens with zero attached hydrogens (tertiary/aromatic N) is 4. The van der Waals surface area contributed by atoms with Gasteiger partial charge in [-0.3, -0.25) is 9.78 Å². The summed E-state index contributed by atoms with van der Waals surface area (Å²) in [6.07, 6.45) is 9.38. The molecule has 1 aliphatic rings. The molecule has 1 aliphatic heterocycles. The van der Waals surface area contributed by atoms with E-state index < -0.39 is 0 Å². The molecule has 1 amide bonds. The molecule has 5 heteroatoms. The topological polar surface area (TPSA) is 59.0 Å². The molecule has 27 heavy (non-hydrogen) atoms.